The van der Waals surface area contributed by atoms with Crippen LogP contribution in [0.1, 0.15) is 22.8 Å². The average Bonchev–Trinajstić information content (AvgIpc) is 2.96. The molecule has 0 spiro atoms. The first-order valence-corrected chi connectivity index (χ1v) is 7.24. The highest BCUT2D eigenvalue weighted by Crippen LogP contribution is 2.17. The SMILES string of the molecule is C[C@H](Cc1ccc(O)cc1)NC(=O)c1cc(F)cc2[nH]cnc12. The molecule has 0 aliphatic heterocycles. The monoisotopic (exact) mass is 313 g/mol. The van der Waals surface area contributed by atoms with Gasteiger partial charge in [-0.3, -0.25) is 4.79 Å². The number of amides is 1. The summed E-state index contributed by atoms with van der Waals surface area (Å²) in [5.41, 5.74) is 2.13. The van der Waals surface area contributed by atoms with Gasteiger partial charge in [0.25, 0.3) is 5.91 Å². The van der Waals surface area contributed by atoms with E-state index in [2.05, 4.69) is 15.3 Å². The van der Waals surface area contributed by atoms with E-state index in [1.807, 2.05) is 6.92 Å². The molecule has 0 aliphatic carbocycles. The van der Waals surface area contributed by atoms with Gasteiger partial charge in [0.2, 0.25) is 0 Å². The Hall–Kier alpha value is -2.89. The maximum atomic E-state index is 13.6. The first kappa shape index (κ1) is 15.0. The van der Waals surface area contributed by atoms with Crippen LogP contribution in [0.4, 0.5) is 4.39 Å². The molecule has 0 unspecified atom stereocenters. The number of benzene rings is 2. The number of fused-ring (bicyclic) bond motifs is 1. The van der Waals surface area contributed by atoms with Gasteiger partial charge in [-0.1, -0.05) is 12.1 Å². The minimum absolute atomic E-state index is 0.149. The molecule has 0 saturated heterocycles. The van der Waals surface area contributed by atoms with Crippen LogP contribution in [0, 0.1) is 5.82 Å². The summed E-state index contributed by atoms with van der Waals surface area (Å²) in [4.78, 5) is 19.3. The first-order chi connectivity index (χ1) is 11.0. The number of halogens is 1. The van der Waals surface area contributed by atoms with Crippen molar-refractivity contribution in [2.75, 3.05) is 0 Å². The van der Waals surface area contributed by atoms with Crippen LogP contribution < -0.4 is 5.32 Å². The molecule has 1 aromatic heterocycles. The molecule has 0 saturated carbocycles. The lowest BCUT2D eigenvalue weighted by atomic mass is 10.1. The van der Waals surface area contributed by atoms with Crippen molar-refractivity contribution in [3.63, 3.8) is 0 Å². The largest absolute Gasteiger partial charge is 0.508 e. The summed E-state index contributed by atoms with van der Waals surface area (Å²) in [6.45, 7) is 1.87. The van der Waals surface area contributed by atoms with Gasteiger partial charge in [0.05, 0.1) is 17.4 Å². The number of H-pyrrole nitrogens is 1. The van der Waals surface area contributed by atoms with Crippen molar-refractivity contribution in [3.8, 4) is 5.75 Å². The van der Waals surface area contributed by atoms with Gasteiger partial charge >= 0.3 is 0 Å². The molecule has 3 aromatic rings. The zero-order chi connectivity index (χ0) is 16.4. The normalized spacial score (nSPS) is 12.3. The number of imidazole rings is 1. The number of carbonyl (C=O) groups is 1. The van der Waals surface area contributed by atoms with Crippen LogP contribution in [0.2, 0.25) is 0 Å². The molecule has 1 amide bonds. The zero-order valence-electron chi connectivity index (χ0n) is 12.5. The number of aromatic hydroxyl groups is 1. The Morgan fingerprint density at radius 2 is 2.09 bits per heavy atom. The fraction of sp³-hybridized carbons (Fsp3) is 0.176. The fourth-order valence-electron chi connectivity index (χ4n) is 2.53. The number of hydrogen-bond donors (Lipinski definition) is 3. The Morgan fingerprint density at radius 3 is 2.83 bits per heavy atom. The molecule has 0 bridgehead atoms. The third-order valence-corrected chi connectivity index (χ3v) is 3.59. The number of phenolic OH excluding ortho intramolecular Hbond substituents is 1. The van der Waals surface area contributed by atoms with E-state index in [1.165, 1.54) is 18.5 Å². The summed E-state index contributed by atoms with van der Waals surface area (Å²) < 4.78 is 13.6. The van der Waals surface area contributed by atoms with Crippen LogP contribution in [-0.2, 0) is 6.42 Å². The van der Waals surface area contributed by atoms with Gasteiger partial charge < -0.3 is 15.4 Å². The molecule has 3 N–H and O–H groups in total. The predicted molar refractivity (Wildman–Crippen MR) is 84.8 cm³/mol. The van der Waals surface area contributed by atoms with E-state index < -0.39 is 5.82 Å². The number of nitrogens with one attached hydrogen (secondary N) is 2. The van der Waals surface area contributed by atoms with Gasteiger partial charge in [-0.05, 0) is 43.2 Å². The van der Waals surface area contributed by atoms with Crippen LogP contribution in [0.25, 0.3) is 11.0 Å². The lowest BCUT2D eigenvalue weighted by molar-refractivity contribution is 0.0941. The maximum absolute atomic E-state index is 13.6. The fourth-order valence-corrected chi connectivity index (χ4v) is 2.53. The second kappa shape index (κ2) is 6.08. The van der Waals surface area contributed by atoms with E-state index in [9.17, 15) is 14.3 Å². The third-order valence-electron chi connectivity index (χ3n) is 3.59. The molecule has 1 heterocycles. The summed E-state index contributed by atoms with van der Waals surface area (Å²) in [5.74, 6) is -0.655. The highest BCUT2D eigenvalue weighted by atomic mass is 19.1. The Kier molecular flexibility index (Phi) is 3.97. The van der Waals surface area contributed by atoms with Gasteiger partial charge in [0.1, 0.15) is 17.1 Å². The van der Waals surface area contributed by atoms with Crippen molar-refractivity contribution in [2.24, 2.45) is 0 Å². The standard InChI is InChI=1S/C17H16FN3O2/c1-10(6-11-2-4-13(22)5-3-11)21-17(23)14-7-12(18)8-15-16(14)20-9-19-15/h2-5,7-10,22H,6H2,1H3,(H,19,20)(H,21,23)/t10-/m1/s1. The molecule has 1 atom stereocenters. The van der Waals surface area contributed by atoms with Crippen LogP contribution in [0.5, 0.6) is 5.75 Å². The Balaban J connectivity index is 1.75. The molecule has 5 nitrogen and oxygen atoms in total. The van der Waals surface area contributed by atoms with E-state index >= 15 is 0 Å². The summed E-state index contributed by atoms with van der Waals surface area (Å²) in [6.07, 6.45) is 2.03. The van der Waals surface area contributed by atoms with Crippen molar-refractivity contribution < 1.29 is 14.3 Å². The van der Waals surface area contributed by atoms with Crippen LogP contribution >= 0.6 is 0 Å². The number of rotatable bonds is 4. The van der Waals surface area contributed by atoms with Gasteiger partial charge in [-0.15, -0.1) is 0 Å². The number of phenols is 1. The molecule has 0 radical (unpaired) electrons. The summed E-state index contributed by atoms with van der Waals surface area (Å²) in [5, 5.41) is 12.1. The number of nitrogens with zero attached hydrogens (tertiary/aromatic N) is 1. The lowest BCUT2D eigenvalue weighted by Gasteiger charge is -2.14. The van der Waals surface area contributed by atoms with E-state index in [0.717, 1.165) is 5.56 Å². The van der Waals surface area contributed by atoms with Crippen molar-refractivity contribution in [2.45, 2.75) is 19.4 Å². The Bertz CT molecular complexity index is 843. The minimum atomic E-state index is -0.488. The molecule has 2 aromatic carbocycles. The van der Waals surface area contributed by atoms with Gasteiger partial charge in [0, 0.05) is 6.04 Å². The zero-order valence-corrected chi connectivity index (χ0v) is 12.5. The molecular formula is C17H16FN3O2. The van der Waals surface area contributed by atoms with Gasteiger partial charge in [0.15, 0.2) is 0 Å². The molecule has 118 valence electrons. The molecule has 6 heteroatoms. The Labute approximate surface area is 132 Å². The Morgan fingerprint density at radius 1 is 1.35 bits per heavy atom. The molecule has 3 rings (SSSR count). The summed E-state index contributed by atoms with van der Waals surface area (Å²) in [6, 6.07) is 9.14. The van der Waals surface area contributed by atoms with Gasteiger partial charge in [-0.2, -0.15) is 0 Å². The average molecular weight is 313 g/mol. The van der Waals surface area contributed by atoms with Crippen molar-refractivity contribution in [3.05, 3.63) is 59.7 Å². The molecule has 23 heavy (non-hydrogen) atoms. The predicted octanol–water partition coefficient (Wildman–Crippen LogP) is 2.77. The second-order valence-electron chi connectivity index (χ2n) is 5.50. The van der Waals surface area contributed by atoms with E-state index in [1.54, 1.807) is 24.3 Å². The molecule has 0 fully saturated rings. The second-order valence-corrected chi connectivity index (χ2v) is 5.50. The maximum Gasteiger partial charge on any atom is 0.253 e. The highest BCUT2D eigenvalue weighted by Gasteiger charge is 2.16. The first-order valence-electron chi connectivity index (χ1n) is 7.24. The molecular weight excluding hydrogens is 297 g/mol. The van der Waals surface area contributed by atoms with Crippen LogP contribution in [0.15, 0.2) is 42.7 Å². The van der Waals surface area contributed by atoms with Crippen molar-refractivity contribution >= 4 is 16.9 Å². The third kappa shape index (κ3) is 3.31. The van der Waals surface area contributed by atoms with Crippen LogP contribution in [0.3, 0.4) is 0 Å². The lowest BCUT2D eigenvalue weighted by Crippen LogP contribution is -2.34. The van der Waals surface area contributed by atoms with Crippen molar-refractivity contribution in [1.82, 2.24) is 15.3 Å². The number of aromatic nitrogens is 2. The molecule has 0 aliphatic rings. The van der Waals surface area contributed by atoms with E-state index in [4.69, 9.17) is 0 Å². The topological polar surface area (TPSA) is 78.0 Å². The summed E-state index contributed by atoms with van der Waals surface area (Å²) >= 11 is 0. The number of hydrogen-bond acceptors (Lipinski definition) is 3. The van der Waals surface area contributed by atoms with Crippen LogP contribution in [-0.4, -0.2) is 27.0 Å². The van der Waals surface area contributed by atoms with Gasteiger partial charge in [-0.25, -0.2) is 9.37 Å². The van der Waals surface area contributed by atoms with E-state index in [-0.39, 0.29) is 23.3 Å². The smallest absolute Gasteiger partial charge is 0.253 e. The van der Waals surface area contributed by atoms with E-state index in [0.29, 0.717) is 17.5 Å². The van der Waals surface area contributed by atoms with Crippen molar-refractivity contribution in [1.29, 1.82) is 0 Å². The summed E-state index contributed by atoms with van der Waals surface area (Å²) in [7, 11) is 0. The number of carbonyl (C=O) groups excluding carboxylic acids is 1. The number of aromatic amines is 1. The minimum Gasteiger partial charge on any atom is -0.508 e. The highest BCUT2D eigenvalue weighted by molar-refractivity contribution is 6.04. The quantitative estimate of drug-likeness (QED) is 0.693.